The first-order chi connectivity index (χ1) is 15.7. The molecule has 0 radical (unpaired) electrons. The van der Waals surface area contributed by atoms with Crippen molar-refractivity contribution in [1.29, 1.82) is 0 Å². The molecule has 1 aromatic carbocycles. The van der Waals surface area contributed by atoms with Gasteiger partial charge in [-0.15, -0.1) is 11.3 Å². The number of nitrogens with zero attached hydrogens (tertiary/aromatic N) is 3. The molecule has 1 aliphatic carbocycles. The number of fused-ring (bicyclic) bond motifs is 3. The van der Waals surface area contributed by atoms with Gasteiger partial charge in [-0.25, -0.2) is 4.98 Å². The van der Waals surface area contributed by atoms with Crippen LogP contribution in [0.4, 0.5) is 0 Å². The van der Waals surface area contributed by atoms with Gasteiger partial charge in [0, 0.05) is 22.5 Å². The highest BCUT2D eigenvalue weighted by Crippen LogP contribution is 2.33. The van der Waals surface area contributed by atoms with Crippen molar-refractivity contribution < 1.29 is 0 Å². The number of likely N-dealkylation sites (tertiary alicyclic amines) is 1. The van der Waals surface area contributed by atoms with Crippen LogP contribution in [0.15, 0.2) is 35.4 Å². The third-order valence-electron chi connectivity index (χ3n) is 6.90. The number of aryl methyl sites for hydroxylation is 3. The fraction of sp³-hybridized carbons (Fsp3) is 0.520. The van der Waals surface area contributed by atoms with Crippen LogP contribution in [0.3, 0.4) is 0 Å². The maximum atomic E-state index is 13.3. The van der Waals surface area contributed by atoms with Crippen molar-refractivity contribution in [3.63, 3.8) is 0 Å². The van der Waals surface area contributed by atoms with Crippen LogP contribution in [0.2, 0.25) is 5.02 Å². The Hall–Kier alpha value is -1.73. The summed E-state index contributed by atoms with van der Waals surface area (Å²) in [6.45, 7) is 5.44. The van der Waals surface area contributed by atoms with Gasteiger partial charge >= 0.3 is 0 Å². The molecule has 32 heavy (non-hydrogen) atoms. The lowest BCUT2D eigenvalue weighted by Gasteiger charge is -2.24. The largest absolute Gasteiger partial charge is 0.314 e. The van der Waals surface area contributed by atoms with Gasteiger partial charge in [-0.3, -0.25) is 9.36 Å². The highest BCUT2D eigenvalue weighted by molar-refractivity contribution is 7.18. The van der Waals surface area contributed by atoms with Crippen molar-refractivity contribution in [1.82, 2.24) is 19.8 Å². The molecule has 0 amide bonds. The lowest BCUT2D eigenvalue weighted by molar-refractivity contribution is 0.325. The zero-order valence-electron chi connectivity index (χ0n) is 18.5. The molecule has 170 valence electrons. The van der Waals surface area contributed by atoms with Crippen LogP contribution < -0.4 is 10.9 Å². The van der Waals surface area contributed by atoms with Crippen LogP contribution in [0.1, 0.15) is 41.7 Å². The number of hydrogen-bond acceptors (Lipinski definition) is 5. The second-order valence-electron chi connectivity index (χ2n) is 9.06. The molecule has 2 aliphatic rings. The highest BCUT2D eigenvalue weighted by Gasteiger charge is 2.25. The Labute approximate surface area is 198 Å². The molecular formula is C25H31ClN4OS. The number of nitrogens with one attached hydrogen (secondary N) is 1. The number of aromatic nitrogens is 2. The van der Waals surface area contributed by atoms with E-state index in [1.165, 1.54) is 49.3 Å². The van der Waals surface area contributed by atoms with E-state index in [4.69, 9.17) is 11.6 Å². The van der Waals surface area contributed by atoms with Crippen molar-refractivity contribution in [3.8, 4) is 0 Å². The third kappa shape index (κ3) is 4.79. The van der Waals surface area contributed by atoms with Gasteiger partial charge in [0.15, 0.2) is 0 Å². The van der Waals surface area contributed by atoms with E-state index in [0.717, 1.165) is 53.0 Å². The number of hydrogen-bond donors (Lipinski definition) is 1. The first-order valence-corrected chi connectivity index (χ1v) is 13.1. The lowest BCUT2D eigenvalue weighted by Crippen LogP contribution is -2.36. The molecule has 5 rings (SSSR count). The normalized spacial score (nSPS) is 19.0. The topological polar surface area (TPSA) is 50.2 Å². The summed E-state index contributed by atoms with van der Waals surface area (Å²) in [5.41, 5.74) is 2.40. The van der Waals surface area contributed by atoms with Gasteiger partial charge in [0.2, 0.25) is 0 Å². The van der Waals surface area contributed by atoms with E-state index in [1.807, 2.05) is 24.3 Å². The van der Waals surface area contributed by atoms with Crippen LogP contribution >= 0.6 is 22.9 Å². The van der Waals surface area contributed by atoms with Gasteiger partial charge in [-0.1, -0.05) is 29.8 Å². The maximum absolute atomic E-state index is 13.3. The number of rotatable bonds is 8. The smallest absolute Gasteiger partial charge is 0.262 e. The minimum atomic E-state index is 0.0941. The van der Waals surface area contributed by atoms with E-state index in [-0.39, 0.29) is 5.56 Å². The Morgan fingerprint density at radius 2 is 2.03 bits per heavy atom. The van der Waals surface area contributed by atoms with E-state index in [9.17, 15) is 4.79 Å². The Bertz CT molecular complexity index is 1130. The summed E-state index contributed by atoms with van der Waals surface area (Å²) in [4.78, 5) is 22.7. The van der Waals surface area contributed by atoms with Gasteiger partial charge < -0.3 is 10.2 Å². The van der Waals surface area contributed by atoms with E-state index in [0.29, 0.717) is 12.6 Å². The predicted octanol–water partition coefficient (Wildman–Crippen LogP) is 4.29. The average Bonchev–Trinajstić information content (AvgIpc) is 3.45. The third-order valence-corrected chi connectivity index (χ3v) is 8.43. The molecular weight excluding hydrogens is 440 g/mol. The fourth-order valence-corrected chi connectivity index (χ4v) is 6.58. The van der Waals surface area contributed by atoms with Crippen LogP contribution in [-0.4, -0.2) is 46.7 Å². The zero-order valence-corrected chi connectivity index (χ0v) is 20.1. The SMILES string of the molecule is O=c1c2c3c(sc2ncn1CCc1ccccc1Cl)C[C@@H](NCCCN1CCCC1)CC3. The van der Waals surface area contributed by atoms with Crippen molar-refractivity contribution >= 4 is 33.2 Å². The van der Waals surface area contributed by atoms with E-state index < -0.39 is 0 Å². The summed E-state index contributed by atoms with van der Waals surface area (Å²) in [5, 5.41) is 5.36. The van der Waals surface area contributed by atoms with Gasteiger partial charge in [-0.05, 0) is 88.3 Å². The Morgan fingerprint density at radius 1 is 1.19 bits per heavy atom. The molecule has 3 heterocycles. The highest BCUT2D eigenvalue weighted by atomic mass is 35.5. The molecule has 3 aromatic rings. The molecule has 1 aliphatic heterocycles. The molecule has 1 saturated heterocycles. The number of halogens is 1. The molecule has 7 heteroatoms. The predicted molar refractivity (Wildman–Crippen MR) is 133 cm³/mol. The van der Waals surface area contributed by atoms with Crippen LogP contribution in [0, 0.1) is 0 Å². The minimum Gasteiger partial charge on any atom is -0.314 e. The van der Waals surface area contributed by atoms with Crippen molar-refractivity contribution in [3.05, 3.63) is 62.0 Å². The molecule has 5 nitrogen and oxygen atoms in total. The molecule has 0 saturated carbocycles. The summed E-state index contributed by atoms with van der Waals surface area (Å²) >= 11 is 7.99. The quantitative estimate of drug-likeness (QED) is 0.499. The van der Waals surface area contributed by atoms with Crippen molar-refractivity contribution in [2.75, 3.05) is 26.2 Å². The molecule has 1 fully saturated rings. The summed E-state index contributed by atoms with van der Waals surface area (Å²) in [6, 6.07) is 8.34. The van der Waals surface area contributed by atoms with Gasteiger partial charge in [0.05, 0.1) is 11.7 Å². The standard InChI is InChI=1S/C25H31ClN4OS/c26-21-7-2-1-6-18(21)10-15-30-17-28-24-23(25(30)31)20-9-8-19(16-22(20)32-24)27-11-5-14-29-12-3-4-13-29/h1-2,6-7,17,19,27H,3-5,8-16H2/t19-/m0/s1. The van der Waals surface area contributed by atoms with E-state index >= 15 is 0 Å². The molecule has 0 unspecified atom stereocenters. The summed E-state index contributed by atoms with van der Waals surface area (Å²) < 4.78 is 1.75. The molecule has 1 N–H and O–H groups in total. The zero-order chi connectivity index (χ0) is 21.9. The Kier molecular flexibility index (Phi) is 6.93. The second-order valence-corrected chi connectivity index (χ2v) is 10.6. The second kappa shape index (κ2) is 10.0. The summed E-state index contributed by atoms with van der Waals surface area (Å²) in [6.07, 6.45) is 9.44. The minimum absolute atomic E-state index is 0.0941. The maximum Gasteiger partial charge on any atom is 0.262 e. The molecule has 0 spiro atoms. The number of thiophene rings is 1. The van der Waals surface area contributed by atoms with Gasteiger partial charge in [-0.2, -0.15) is 0 Å². The Morgan fingerprint density at radius 3 is 2.88 bits per heavy atom. The van der Waals surface area contributed by atoms with Crippen LogP contribution in [0.5, 0.6) is 0 Å². The summed E-state index contributed by atoms with van der Waals surface area (Å²) in [5.74, 6) is 0. The van der Waals surface area contributed by atoms with Crippen molar-refractivity contribution in [2.45, 2.75) is 57.5 Å². The Balaban J connectivity index is 1.23. The molecule has 2 aromatic heterocycles. The average molecular weight is 471 g/mol. The summed E-state index contributed by atoms with van der Waals surface area (Å²) in [7, 11) is 0. The number of benzene rings is 1. The van der Waals surface area contributed by atoms with Gasteiger partial charge in [0.1, 0.15) is 4.83 Å². The van der Waals surface area contributed by atoms with Crippen molar-refractivity contribution in [2.24, 2.45) is 0 Å². The monoisotopic (exact) mass is 470 g/mol. The van der Waals surface area contributed by atoms with Crippen LogP contribution in [-0.2, 0) is 25.8 Å². The van der Waals surface area contributed by atoms with Crippen LogP contribution in [0.25, 0.3) is 10.2 Å². The lowest BCUT2D eigenvalue weighted by atomic mass is 9.93. The fourth-order valence-electron chi connectivity index (χ4n) is 5.09. The molecule has 0 bridgehead atoms. The van der Waals surface area contributed by atoms with E-state index in [2.05, 4.69) is 15.2 Å². The van der Waals surface area contributed by atoms with E-state index in [1.54, 1.807) is 22.2 Å². The first-order valence-electron chi connectivity index (χ1n) is 11.9. The first kappa shape index (κ1) is 22.1. The molecule has 1 atom stereocenters. The van der Waals surface area contributed by atoms with Gasteiger partial charge in [0.25, 0.3) is 5.56 Å².